The highest BCUT2D eigenvalue weighted by atomic mass is 32.1. The molecule has 27 heavy (non-hydrogen) atoms. The van der Waals surface area contributed by atoms with E-state index in [9.17, 15) is 14.4 Å². The van der Waals surface area contributed by atoms with E-state index in [1.165, 1.54) is 11.3 Å². The van der Waals surface area contributed by atoms with Crippen LogP contribution >= 0.6 is 11.3 Å². The molecule has 11 heteroatoms. The first kappa shape index (κ1) is 19.5. The number of thiazole rings is 1. The number of amides is 3. The van der Waals surface area contributed by atoms with E-state index in [2.05, 4.69) is 20.5 Å². The molecule has 0 saturated carbocycles. The Bertz CT molecular complexity index is 693. The number of hydrogen-bond donors (Lipinski definition) is 3. The standard InChI is InChI=1S/C16H23N5O5S/c1-20-3-5-21(6-4-20)15(23)11(8-17-16(24)25)18-13(22)14-19-10-2-7-26-9-12(10)27-14/h11,17H,2-9H2,1H3,(H,18,22)(H,24,25)/t11-/m0/s1. The Morgan fingerprint density at radius 1 is 1.30 bits per heavy atom. The lowest BCUT2D eigenvalue weighted by Gasteiger charge is -2.34. The number of nitrogens with one attached hydrogen (secondary N) is 2. The number of carboxylic acid groups (broad SMARTS) is 1. The van der Waals surface area contributed by atoms with Gasteiger partial charge in [-0.2, -0.15) is 0 Å². The van der Waals surface area contributed by atoms with Gasteiger partial charge in [-0.05, 0) is 7.05 Å². The molecule has 0 radical (unpaired) electrons. The molecule has 0 unspecified atom stereocenters. The summed E-state index contributed by atoms with van der Waals surface area (Å²) >= 11 is 1.24. The number of rotatable bonds is 5. The molecule has 0 spiro atoms. The minimum absolute atomic E-state index is 0.194. The second kappa shape index (κ2) is 8.63. The summed E-state index contributed by atoms with van der Waals surface area (Å²) in [5, 5.41) is 14.0. The molecule has 2 aliphatic rings. The topological polar surface area (TPSA) is 124 Å². The number of likely N-dealkylation sites (N-methyl/N-ethyl adjacent to an activating group) is 1. The van der Waals surface area contributed by atoms with Crippen LogP contribution in [0, 0.1) is 0 Å². The summed E-state index contributed by atoms with van der Waals surface area (Å²) in [6.45, 7) is 3.36. The Labute approximate surface area is 160 Å². The van der Waals surface area contributed by atoms with Crippen molar-refractivity contribution in [3.05, 3.63) is 15.6 Å². The van der Waals surface area contributed by atoms with Gasteiger partial charge in [0.05, 0.1) is 30.3 Å². The summed E-state index contributed by atoms with van der Waals surface area (Å²) < 4.78 is 5.36. The number of nitrogens with zero attached hydrogens (tertiary/aromatic N) is 3. The van der Waals surface area contributed by atoms with Crippen molar-refractivity contribution >= 4 is 29.2 Å². The minimum Gasteiger partial charge on any atom is -0.465 e. The van der Waals surface area contributed by atoms with Crippen LogP contribution in [0.5, 0.6) is 0 Å². The van der Waals surface area contributed by atoms with Gasteiger partial charge in [0, 0.05) is 32.6 Å². The number of aromatic nitrogens is 1. The Balaban J connectivity index is 1.68. The van der Waals surface area contributed by atoms with Crippen LogP contribution in [0.15, 0.2) is 0 Å². The summed E-state index contributed by atoms with van der Waals surface area (Å²) in [4.78, 5) is 45.3. The van der Waals surface area contributed by atoms with Gasteiger partial charge < -0.3 is 30.3 Å². The molecule has 10 nitrogen and oxygen atoms in total. The first-order valence-corrected chi connectivity index (χ1v) is 9.57. The van der Waals surface area contributed by atoms with Crippen molar-refractivity contribution in [3.63, 3.8) is 0 Å². The monoisotopic (exact) mass is 397 g/mol. The van der Waals surface area contributed by atoms with Gasteiger partial charge in [-0.25, -0.2) is 9.78 Å². The quantitative estimate of drug-likeness (QED) is 0.603. The molecule has 1 atom stereocenters. The summed E-state index contributed by atoms with van der Waals surface area (Å²) in [5.41, 5.74) is 0.849. The van der Waals surface area contributed by atoms with Crippen molar-refractivity contribution in [2.24, 2.45) is 0 Å². The molecule has 3 amide bonds. The van der Waals surface area contributed by atoms with Crippen LogP contribution in [-0.4, -0.2) is 90.2 Å². The van der Waals surface area contributed by atoms with E-state index < -0.39 is 18.0 Å². The van der Waals surface area contributed by atoms with Crippen LogP contribution in [0.3, 0.4) is 0 Å². The zero-order valence-electron chi connectivity index (χ0n) is 15.1. The highest BCUT2D eigenvalue weighted by Gasteiger charge is 2.30. The van der Waals surface area contributed by atoms with Gasteiger partial charge in [-0.15, -0.1) is 11.3 Å². The van der Waals surface area contributed by atoms with E-state index in [4.69, 9.17) is 9.84 Å². The average Bonchev–Trinajstić information content (AvgIpc) is 3.09. The van der Waals surface area contributed by atoms with E-state index >= 15 is 0 Å². The van der Waals surface area contributed by atoms with Crippen molar-refractivity contribution in [1.82, 2.24) is 25.4 Å². The Hall–Kier alpha value is -2.24. The fraction of sp³-hybridized carbons (Fsp3) is 0.625. The molecule has 1 fully saturated rings. The molecule has 1 saturated heterocycles. The largest absolute Gasteiger partial charge is 0.465 e. The normalized spacial score (nSPS) is 18.5. The van der Waals surface area contributed by atoms with Gasteiger partial charge >= 0.3 is 6.09 Å². The number of fused-ring (bicyclic) bond motifs is 1. The second-order valence-corrected chi connectivity index (χ2v) is 7.62. The van der Waals surface area contributed by atoms with E-state index in [0.717, 1.165) is 23.7 Å². The van der Waals surface area contributed by atoms with Crippen molar-refractivity contribution in [1.29, 1.82) is 0 Å². The lowest BCUT2D eigenvalue weighted by Crippen LogP contribution is -2.57. The third-order valence-corrected chi connectivity index (χ3v) is 5.63. The molecule has 0 aromatic carbocycles. The molecule has 1 aromatic heterocycles. The van der Waals surface area contributed by atoms with Gasteiger partial charge in [-0.1, -0.05) is 0 Å². The van der Waals surface area contributed by atoms with Crippen LogP contribution < -0.4 is 10.6 Å². The molecule has 1 aromatic rings. The van der Waals surface area contributed by atoms with Gasteiger partial charge in [0.25, 0.3) is 5.91 Å². The van der Waals surface area contributed by atoms with Crippen LogP contribution in [0.4, 0.5) is 4.79 Å². The maximum absolute atomic E-state index is 12.8. The third-order valence-electron chi connectivity index (χ3n) is 4.56. The van der Waals surface area contributed by atoms with Crippen molar-refractivity contribution in [2.75, 3.05) is 46.4 Å². The molecular formula is C16H23N5O5S. The Kier molecular flexibility index (Phi) is 6.24. The van der Waals surface area contributed by atoms with Crippen molar-refractivity contribution < 1.29 is 24.2 Å². The molecular weight excluding hydrogens is 374 g/mol. The number of ether oxygens (including phenoxy) is 1. The fourth-order valence-corrected chi connectivity index (χ4v) is 3.93. The number of piperazine rings is 1. The highest BCUT2D eigenvalue weighted by Crippen LogP contribution is 2.23. The summed E-state index contributed by atoms with van der Waals surface area (Å²) in [6, 6.07) is -0.978. The molecule has 148 valence electrons. The number of hydrogen-bond acceptors (Lipinski definition) is 7. The van der Waals surface area contributed by atoms with Crippen LogP contribution in [0.25, 0.3) is 0 Å². The average molecular weight is 397 g/mol. The van der Waals surface area contributed by atoms with Gasteiger partial charge in [0.15, 0.2) is 5.01 Å². The molecule has 3 heterocycles. The van der Waals surface area contributed by atoms with Gasteiger partial charge in [0.2, 0.25) is 5.91 Å². The van der Waals surface area contributed by atoms with E-state index in [1.807, 2.05) is 7.05 Å². The van der Waals surface area contributed by atoms with Crippen LogP contribution in [-0.2, 0) is 22.6 Å². The van der Waals surface area contributed by atoms with Crippen LogP contribution in [0.2, 0.25) is 0 Å². The summed E-state index contributed by atoms with van der Waals surface area (Å²) in [7, 11) is 1.97. The third kappa shape index (κ3) is 4.93. The number of carbonyl (C=O) groups is 3. The smallest absolute Gasteiger partial charge is 0.404 e. The first-order chi connectivity index (χ1) is 12.9. The first-order valence-electron chi connectivity index (χ1n) is 8.75. The SMILES string of the molecule is CN1CCN(C(=O)[C@H](CNC(=O)O)NC(=O)c2nc3c(s2)COCC3)CC1. The van der Waals surface area contributed by atoms with E-state index in [1.54, 1.807) is 4.90 Å². The molecule has 2 aliphatic heterocycles. The maximum atomic E-state index is 12.8. The zero-order chi connectivity index (χ0) is 19.4. The number of carbonyl (C=O) groups excluding carboxylic acids is 2. The molecule has 0 aliphatic carbocycles. The lowest BCUT2D eigenvalue weighted by molar-refractivity contribution is -0.134. The summed E-state index contributed by atoms with van der Waals surface area (Å²) in [6.07, 6.45) is -0.592. The van der Waals surface area contributed by atoms with Gasteiger partial charge in [0.1, 0.15) is 6.04 Å². The highest BCUT2D eigenvalue weighted by molar-refractivity contribution is 7.13. The molecule has 3 N–H and O–H groups in total. The fourth-order valence-electron chi connectivity index (χ4n) is 2.98. The molecule has 0 bridgehead atoms. The maximum Gasteiger partial charge on any atom is 0.404 e. The lowest BCUT2D eigenvalue weighted by atomic mass is 10.2. The summed E-state index contributed by atoms with van der Waals surface area (Å²) in [5.74, 6) is -0.774. The van der Waals surface area contributed by atoms with Crippen LogP contribution in [0.1, 0.15) is 20.4 Å². The molecule has 3 rings (SSSR count). The van der Waals surface area contributed by atoms with Crippen molar-refractivity contribution in [2.45, 2.75) is 19.1 Å². The predicted octanol–water partition coefficient (Wildman–Crippen LogP) is -0.644. The van der Waals surface area contributed by atoms with E-state index in [0.29, 0.717) is 32.7 Å². The second-order valence-electron chi connectivity index (χ2n) is 6.53. The Morgan fingerprint density at radius 2 is 2.04 bits per heavy atom. The van der Waals surface area contributed by atoms with Gasteiger partial charge in [-0.3, -0.25) is 9.59 Å². The Morgan fingerprint density at radius 3 is 2.70 bits per heavy atom. The van der Waals surface area contributed by atoms with Crippen molar-refractivity contribution in [3.8, 4) is 0 Å². The zero-order valence-corrected chi connectivity index (χ0v) is 15.9. The predicted molar refractivity (Wildman–Crippen MR) is 96.8 cm³/mol. The minimum atomic E-state index is -1.25. The van der Waals surface area contributed by atoms with E-state index in [-0.39, 0.29) is 17.5 Å².